The van der Waals surface area contributed by atoms with Crippen molar-refractivity contribution in [3.8, 4) is 0 Å². The van der Waals surface area contributed by atoms with Gasteiger partial charge in [0.25, 0.3) is 0 Å². The molecule has 0 aliphatic carbocycles. The number of esters is 1. The van der Waals surface area contributed by atoms with Crippen LogP contribution in [0, 0.1) is 0 Å². The molecule has 2 rings (SSSR count). The number of hydrogen-bond acceptors (Lipinski definition) is 5. The highest BCUT2D eigenvalue weighted by Crippen LogP contribution is 2.25. The maximum Gasteiger partial charge on any atom is 0.337 e. The molecular formula is C16H18N2O3. The van der Waals surface area contributed by atoms with Gasteiger partial charge in [-0.2, -0.15) is 0 Å². The molecule has 2 aromatic carbocycles. The zero-order chi connectivity index (χ0) is 15.2. The van der Waals surface area contributed by atoms with Crippen LogP contribution < -0.4 is 11.1 Å². The molecule has 5 heteroatoms. The zero-order valence-electron chi connectivity index (χ0n) is 12.1. The average Bonchev–Trinajstić information content (AvgIpc) is 2.49. The second kappa shape index (κ2) is 6.76. The molecule has 0 aromatic heterocycles. The van der Waals surface area contributed by atoms with E-state index in [-0.39, 0.29) is 0 Å². The summed E-state index contributed by atoms with van der Waals surface area (Å²) in [4.78, 5) is 11.4. The maximum atomic E-state index is 11.4. The van der Waals surface area contributed by atoms with Crippen molar-refractivity contribution in [1.82, 2.24) is 0 Å². The monoisotopic (exact) mass is 286 g/mol. The summed E-state index contributed by atoms with van der Waals surface area (Å²) in [6.45, 7) is 0.548. The molecule has 2 aromatic rings. The highest BCUT2D eigenvalue weighted by molar-refractivity contribution is 5.92. The molecule has 0 saturated heterocycles. The van der Waals surface area contributed by atoms with Gasteiger partial charge in [0.2, 0.25) is 0 Å². The van der Waals surface area contributed by atoms with Crippen molar-refractivity contribution in [1.29, 1.82) is 0 Å². The first-order valence-corrected chi connectivity index (χ1v) is 6.47. The van der Waals surface area contributed by atoms with Crippen LogP contribution in [0.25, 0.3) is 0 Å². The number of anilines is 3. The standard InChI is InChI=1S/C16H18N2O3/c1-20-10-11-4-3-5-13(8-11)18-15-7-6-12(9-14(15)17)16(19)21-2/h3-9,18H,10,17H2,1-2H3. The van der Waals surface area contributed by atoms with Gasteiger partial charge in [0.1, 0.15) is 0 Å². The summed E-state index contributed by atoms with van der Waals surface area (Å²) in [6.07, 6.45) is 0. The van der Waals surface area contributed by atoms with Crippen molar-refractivity contribution < 1.29 is 14.3 Å². The van der Waals surface area contributed by atoms with Crippen LogP contribution in [0.3, 0.4) is 0 Å². The molecular weight excluding hydrogens is 268 g/mol. The third-order valence-electron chi connectivity index (χ3n) is 2.99. The number of carbonyl (C=O) groups excluding carboxylic acids is 1. The fraction of sp³-hybridized carbons (Fsp3) is 0.188. The Morgan fingerprint density at radius 3 is 2.67 bits per heavy atom. The quantitative estimate of drug-likeness (QED) is 0.653. The van der Waals surface area contributed by atoms with E-state index in [4.69, 9.17) is 10.5 Å². The number of nitrogens with one attached hydrogen (secondary N) is 1. The highest BCUT2D eigenvalue weighted by Gasteiger charge is 2.08. The molecule has 0 aliphatic rings. The Balaban J connectivity index is 2.19. The number of carbonyl (C=O) groups is 1. The predicted octanol–water partition coefficient (Wildman–Crippen LogP) is 2.95. The fourth-order valence-corrected chi connectivity index (χ4v) is 1.98. The number of nitrogens with two attached hydrogens (primary N) is 1. The van der Waals surface area contributed by atoms with E-state index in [1.165, 1.54) is 7.11 Å². The lowest BCUT2D eigenvalue weighted by Crippen LogP contribution is -2.04. The summed E-state index contributed by atoms with van der Waals surface area (Å²) < 4.78 is 9.77. The van der Waals surface area contributed by atoms with Crippen molar-refractivity contribution in [2.45, 2.75) is 6.61 Å². The minimum Gasteiger partial charge on any atom is -0.465 e. The molecule has 21 heavy (non-hydrogen) atoms. The van der Waals surface area contributed by atoms with Crippen molar-refractivity contribution in [2.75, 3.05) is 25.3 Å². The van der Waals surface area contributed by atoms with E-state index >= 15 is 0 Å². The van der Waals surface area contributed by atoms with Gasteiger partial charge >= 0.3 is 5.97 Å². The van der Waals surface area contributed by atoms with E-state index in [1.54, 1.807) is 25.3 Å². The van der Waals surface area contributed by atoms with E-state index < -0.39 is 5.97 Å². The Bertz CT molecular complexity index is 641. The van der Waals surface area contributed by atoms with Crippen LogP contribution >= 0.6 is 0 Å². The van der Waals surface area contributed by atoms with Crippen molar-refractivity contribution in [2.24, 2.45) is 0 Å². The van der Waals surface area contributed by atoms with Gasteiger partial charge in [0, 0.05) is 12.8 Å². The van der Waals surface area contributed by atoms with Crippen LogP contribution in [0.4, 0.5) is 17.1 Å². The Labute approximate surface area is 123 Å². The zero-order valence-corrected chi connectivity index (χ0v) is 12.1. The summed E-state index contributed by atoms with van der Waals surface area (Å²) in [7, 11) is 3.00. The second-order valence-electron chi connectivity index (χ2n) is 4.55. The molecule has 0 heterocycles. The van der Waals surface area contributed by atoms with Gasteiger partial charge in [-0.3, -0.25) is 0 Å². The van der Waals surface area contributed by atoms with Gasteiger partial charge in [-0.15, -0.1) is 0 Å². The number of nitrogen functional groups attached to an aromatic ring is 1. The molecule has 0 unspecified atom stereocenters. The number of methoxy groups -OCH3 is 2. The van der Waals surface area contributed by atoms with E-state index in [1.807, 2.05) is 24.3 Å². The molecule has 0 fully saturated rings. The molecule has 0 radical (unpaired) electrons. The van der Waals surface area contributed by atoms with Crippen LogP contribution in [0.15, 0.2) is 42.5 Å². The van der Waals surface area contributed by atoms with Crippen LogP contribution in [0.2, 0.25) is 0 Å². The first kappa shape index (κ1) is 14.9. The largest absolute Gasteiger partial charge is 0.465 e. The Kier molecular flexibility index (Phi) is 4.79. The Hall–Kier alpha value is -2.53. The number of hydrogen-bond donors (Lipinski definition) is 2. The van der Waals surface area contributed by atoms with Crippen LogP contribution in [0.1, 0.15) is 15.9 Å². The first-order chi connectivity index (χ1) is 10.1. The lowest BCUT2D eigenvalue weighted by molar-refractivity contribution is 0.0601. The molecule has 5 nitrogen and oxygen atoms in total. The molecule has 110 valence electrons. The second-order valence-corrected chi connectivity index (χ2v) is 4.55. The van der Waals surface area contributed by atoms with Crippen LogP contribution in [-0.4, -0.2) is 20.2 Å². The maximum absolute atomic E-state index is 11.4. The third-order valence-corrected chi connectivity index (χ3v) is 2.99. The Morgan fingerprint density at radius 1 is 1.19 bits per heavy atom. The van der Waals surface area contributed by atoms with E-state index in [0.29, 0.717) is 17.9 Å². The minimum atomic E-state index is -0.407. The minimum absolute atomic E-state index is 0.407. The van der Waals surface area contributed by atoms with Crippen LogP contribution in [-0.2, 0) is 16.1 Å². The molecule has 0 bridgehead atoms. The lowest BCUT2D eigenvalue weighted by Gasteiger charge is -2.11. The van der Waals surface area contributed by atoms with E-state index in [9.17, 15) is 4.79 Å². The summed E-state index contributed by atoms with van der Waals surface area (Å²) in [6, 6.07) is 12.9. The van der Waals surface area contributed by atoms with Crippen LogP contribution in [0.5, 0.6) is 0 Å². The highest BCUT2D eigenvalue weighted by atomic mass is 16.5. The molecule has 0 aliphatic heterocycles. The number of rotatable bonds is 5. The predicted molar refractivity (Wildman–Crippen MR) is 82.6 cm³/mol. The SMILES string of the molecule is COCc1cccc(Nc2ccc(C(=O)OC)cc2N)c1. The average molecular weight is 286 g/mol. The lowest BCUT2D eigenvalue weighted by atomic mass is 10.1. The number of benzene rings is 2. The molecule has 0 atom stereocenters. The first-order valence-electron chi connectivity index (χ1n) is 6.47. The summed E-state index contributed by atoms with van der Waals surface area (Å²) in [5.74, 6) is -0.407. The molecule has 0 amide bonds. The van der Waals surface area contributed by atoms with Crippen molar-refractivity contribution in [3.63, 3.8) is 0 Å². The Morgan fingerprint density at radius 2 is 2.00 bits per heavy atom. The van der Waals surface area contributed by atoms with Crippen molar-refractivity contribution >= 4 is 23.0 Å². The molecule has 0 saturated carbocycles. The van der Waals surface area contributed by atoms with Gasteiger partial charge in [-0.25, -0.2) is 4.79 Å². The summed E-state index contributed by atoms with van der Waals surface area (Å²) >= 11 is 0. The topological polar surface area (TPSA) is 73.6 Å². The fourth-order valence-electron chi connectivity index (χ4n) is 1.98. The van der Waals surface area contributed by atoms with Gasteiger partial charge < -0.3 is 20.5 Å². The third kappa shape index (κ3) is 3.73. The van der Waals surface area contributed by atoms with E-state index in [0.717, 1.165) is 16.9 Å². The summed E-state index contributed by atoms with van der Waals surface area (Å²) in [5.41, 5.74) is 9.57. The van der Waals surface area contributed by atoms with Gasteiger partial charge in [-0.05, 0) is 35.9 Å². The van der Waals surface area contributed by atoms with Gasteiger partial charge in [-0.1, -0.05) is 12.1 Å². The molecule has 3 N–H and O–H groups in total. The van der Waals surface area contributed by atoms with Crippen molar-refractivity contribution in [3.05, 3.63) is 53.6 Å². The smallest absolute Gasteiger partial charge is 0.337 e. The van der Waals surface area contributed by atoms with E-state index in [2.05, 4.69) is 10.1 Å². The summed E-state index contributed by atoms with van der Waals surface area (Å²) in [5, 5.41) is 3.22. The van der Waals surface area contributed by atoms with Gasteiger partial charge in [0.15, 0.2) is 0 Å². The van der Waals surface area contributed by atoms with Gasteiger partial charge in [0.05, 0.1) is 30.7 Å². The number of ether oxygens (including phenoxy) is 2. The normalized spacial score (nSPS) is 10.2. The molecule has 0 spiro atoms.